The highest BCUT2D eigenvalue weighted by Gasteiger charge is 2.17. The van der Waals surface area contributed by atoms with Gasteiger partial charge in [0.15, 0.2) is 0 Å². The number of anilines is 3. The van der Waals surface area contributed by atoms with Crippen LogP contribution >= 0.6 is 0 Å². The lowest BCUT2D eigenvalue weighted by molar-refractivity contribution is 0.494. The Morgan fingerprint density at radius 3 is 1.84 bits per heavy atom. The summed E-state index contributed by atoms with van der Waals surface area (Å²) < 4.78 is 0. The third-order valence-corrected chi connectivity index (χ3v) is 4.11. The van der Waals surface area contributed by atoms with Gasteiger partial charge in [-0.3, -0.25) is 0 Å². The molecule has 0 bridgehead atoms. The van der Waals surface area contributed by atoms with E-state index in [9.17, 15) is 9.81 Å². The summed E-state index contributed by atoms with van der Waals surface area (Å²) in [5.41, 5.74) is 2.01. The van der Waals surface area contributed by atoms with Crippen molar-refractivity contribution in [2.75, 3.05) is 10.0 Å². The maximum atomic E-state index is 11.3. The summed E-state index contributed by atoms with van der Waals surface area (Å²) in [4.78, 5) is 22.5. The van der Waals surface area contributed by atoms with E-state index in [-0.39, 0.29) is 6.04 Å². The lowest BCUT2D eigenvalue weighted by Gasteiger charge is -2.24. The first-order valence-corrected chi connectivity index (χ1v) is 8.47. The van der Waals surface area contributed by atoms with Gasteiger partial charge in [0.2, 0.25) is 0 Å². The van der Waals surface area contributed by atoms with Crippen molar-refractivity contribution in [3.05, 3.63) is 64.4 Å². The molecule has 0 N–H and O–H groups in total. The van der Waals surface area contributed by atoms with Crippen LogP contribution in [0.1, 0.15) is 33.6 Å². The SMILES string of the molecule is CC(C)CCC(C)N(N=O)c1ccc(N(N=O)c2ccccc2)cc1. The van der Waals surface area contributed by atoms with Crippen LogP contribution in [0, 0.1) is 15.7 Å². The number of para-hydroxylation sites is 1. The number of hydrogen-bond donors (Lipinski definition) is 0. The molecule has 0 heterocycles. The van der Waals surface area contributed by atoms with E-state index in [0.717, 1.165) is 12.8 Å². The molecule has 0 aliphatic rings. The van der Waals surface area contributed by atoms with Crippen molar-refractivity contribution in [1.29, 1.82) is 0 Å². The van der Waals surface area contributed by atoms with Crippen LogP contribution in [0.4, 0.5) is 17.1 Å². The molecule has 132 valence electrons. The minimum absolute atomic E-state index is 0.0140. The molecule has 0 saturated carbocycles. The Hall–Kier alpha value is -2.76. The fourth-order valence-electron chi connectivity index (χ4n) is 2.64. The van der Waals surface area contributed by atoms with E-state index < -0.39 is 0 Å². The van der Waals surface area contributed by atoms with Gasteiger partial charge in [-0.15, -0.1) is 9.81 Å². The fourth-order valence-corrected chi connectivity index (χ4v) is 2.64. The van der Waals surface area contributed by atoms with Gasteiger partial charge in [0, 0.05) is 0 Å². The minimum atomic E-state index is 0.0140. The number of nitrogens with zero attached hydrogens (tertiary/aromatic N) is 4. The van der Waals surface area contributed by atoms with Crippen molar-refractivity contribution in [3.63, 3.8) is 0 Å². The number of hydrogen-bond acceptors (Lipinski definition) is 4. The maximum absolute atomic E-state index is 11.3. The molecule has 0 aliphatic heterocycles. The van der Waals surface area contributed by atoms with Crippen molar-refractivity contribution in [3.8, 4) is 0 Å². The Kier molecular flexibility index (Phi) is 6.62. The molecule has 6 nitrogen and oxygen atoms in total. The maximum Gasteiger partial charge on any atom is 0.0686 e. The van der Waals surface area contributed by atoms with Gasteiger partial charge in [0.05, 0.1) is 33.7 Å². The Balaban J connectivity index is 2.17. The second kappa shape index (κ2) is 8.92. The van der Waals surface area contributed by atoms with Crippen molar-refractivity contribution >= 4 is 17.1 Å². The molecule has 0 saturated heterocycles. The van der Waals surface area contributed by atoms with Crippen LogP contribution in [-0.2, 0) is 0 Å². The monoisotopic (exact) mass is 340 g/mol. The van der Waals surface area contributed by atoms with E-state index in [1.807, 2.05) is 37.3 Å². The van der Waals surface area contributed by atoms with Gasteiger partial charge in [-0.2, -0.15) is 5.01 Å². The molecule has 0 spiro atoms. The Labute approximate surface area is 148 Å². The summed E-state index contributed by atoms with van der Waals surface area (Å²) in [6.45, 7) is 6.30. The smallest absolute Gasteiger partial charge is 0.0686 e. The summed E-state index contributed by atoms with van der Waals surface area (Å²) in [7, 11) is 0. The van der Waals surface area contributed by atoms with E-state index in [1.54, 1.807) is 24.3 Å². The highest BCUT2D eigenvalue weighted by Crippen LogP contribution is 2.29. The molecule has 2 aromatic rings. The van der Waals surface area contributed by atoms with E-state index in [1.165, 1.54) is 10.0 Å². The van der Waals surface area contributed by atoms with Gasteiger partial charge in [-0.25, -0.2) is 5.01 Å². The molecular formula is C19H24N4O2. The molecule has 0 fully saturated rings. The fraction of sp³-hybridized carbons (Fsp3) is 0.368. The Bertz CT molecular complexity index is 674. The summed E-state index contributed by atoms with van der Waals surface area (Å²) >= 11 is 0. The average molecular weight is 340 g/mol. The molecule has 0 aromatic heterocycles. The van der Waals surface area contributed by atoms with Crippen LogP contribution in [0.2, 0.25) is 0 Å². The quantitative estimate of drug-likeness (QED) is 0.426. The number of benzene rings is 2. The third-order valence-electron chi connectivity index (χ3n) is 4.11. The normalized spacial score (nSPS) is 11.8. The van der Waals surface area contributed by atoms with Crippen molar-refractivity contribution in [2.24, 2.45) is 16.5 Å². The zero-order valence-corrected chi connectivity index (χ0v) is 14.9. The van der Waals surface area contributed by atoms with Crippen LogP contribution in [0.15, 0.2) is 65.2 Å². The van der Waals surface area contributed by atoms with Crippen LogP contribution in [0.5, 0.6) is 0 Å². The molecule has 2 rings (SSSR count). The lowest BCUT2D eigenvalue weighted by atomic mass is 10.0. The van der Waals surface area contributed by atoms with Crippen molar-refractivity contribution in [1.82, 2.24) is 0 Å². The first kappa shape index (κ1) is 18.6. The van der Waals surface area contributed by atoms with Crippen molar-refractivity contribution in [2.45, 2.75) is 39.7 Å². The zero-order chi connectivity index (χ0) is 18.2. The Morgan fingerprint density at radius 2 is 1.32 bits per heavy atom. The summed E-state index contributed by atoms with van der Waals surface area (Å²) in [6.07, 6.45) is 1.92. The second-order valence-corrected chi connectivity index (χ2v) is 6.49. The molecule has 2 aromatic carbocycles. The summed E-state index contributed by atoms with van der Waals surface area (Å²) in [5, 5.41) is 9.05. The van der Waals surface area contributed by atoms with Gasteiger partial charge in [0.25, 0.3) is 0 Å². The van der Waals surface area contributed by atoms with E-state index in [2.05, 4.69) is 24.4 Å². The predicted molar refractivity (Wildman–Crippen MR) is 103 cm³/mol. The molecule has 0 amide bonds. The van der Waals surface area contributed by atoms with Crippen LogP contribution < -0.4 is 10.0 Å². The van der Waals surface area contributed by atoms with E-state index >= 15 is 0 Å². The lowest BCUT2D eigenvalue weighted by Crippen LogP contribution is -2.27. The van der Waals surface area contributed by atoms with E-state index in [4.69, 9.17) is 0 Å². The molecule has 1 unspecified atom stereocenters. The first-order valence-electron chi connectivity index (χ1n) is 8.47. The van der Waals surface area contributed by atoms with Gasteiger partial charge in [-0.1, -0.05) is 32.0 Å². The first-order chi connectivity index (χ1) is 12.1. The average Bonchev–Trinajstić information content (AvgIpc) is 2.63. The molecular weight excluding hydrogens is 316 g/mol. The third kappa shape index (κ3) is 4.86. The predicted octanol–water partition coefficient (Wildman–Crippen LogP) is 5.82. The Morgan fingerprint density at radius 1 is 0.760 bits per heavy atom. The summed E-state index contributed by atoms with van der Waals surface area (Å²) in [6, 6.07) is 16.3. The molecule has 6 heteroatoms. The molecule has 25 heavy (non-hydrogen) atoms. The molecule has 0 aliphatic carbocycles. The van der Waals surface area contributed by atoms with Crippen LogP contribution in [-0.4, -0.2) is 6.04 Å². The van der Waals surface area contributed by atoms with Gasteiger partial charge >= 0.3 is 0 Å². The van der Waals surface area contributed by atoms with E-state index in [0.29, 0.717) is 23.0 Å². The minimum Gasteiger partial charge on any atom is -0.227 e. The van der Waals surface area contributed by atoms with Gasteiger partial charge in [0.1, 0.15) is 0 Å². The molecule has 0 radical (unpaired) electrons. The van der Waals surface area contributed by atoms with Crippen LogP contribution in [0.3, 0.4) is 0 Å². The van der Waals surface area contributed by atoms with Gasteiger partial charge in [-0.05, 0) is 62.1 Å². The summed E-state index contributed by atoms with van der Waals surface area (Å²) in [5.74, 6) is 0.580. The number of nitroso groups, excluding NO2 is 2. The second-order valence-electron chi connectivity index (χ2n) is 6.49. The highest BCUT2D eigenvalue weighted by molar-refractivity contribution is 5.64. The largest absolute Gasteiger partial charge is 0.227 e. The van der Waals surface area contributed by atoms with Crippen molar-refractivity contribution < 1.29 is 0 Å². The highest BCUT2D eigenvalue weighted by atomic mass is 16.3. The van der Waals surface area contributed by atoms with Crippen LogP contribution in [0.25, 0.3) is 0 Å². The standard InChI is InChI=1S/C19H24N4O2/c1-15(2)9-10-16(3)22(20-24)18-11-13-19(14-12-18)23(21-25)17-7-5-4-6-8-17/h4-8,11-16H,9-10H2,1-3H3. The molecule has 1 atom stereocenters. The number of rotatable bonds is 9. The zero-order valence-electron chi connectivity index (χ0n) is 14.9. The van der Waals surface area contributed by atoms with Gasteiger partial charge < -0.3 is 0 Å². The topological polar surface area (TPSA) is 65.3 Å².